The van der Waals surface area contributed by atoms with Gasteiger partial charge < -0.3 is 5.11 Å². The third-order valence-electron chi connectivity index (χ3n) is 2.90. The number of aliphatic hydroxyl groups excluding tert-OH is 1. The first-order valence-corrected chi connectivity index (χ1v) is 6.24. The van der Waals surface area contributed by atoms with Gasteiger partial charge in [0.25, 0.3) is 0 Å². The average molecular weight is 267 g/mol. The highest BCUT2D eigenvalue weighted by Gasteiger charge is 2.09. The standard InChI is InChI=1S/C14H13N5O/c1-10(20)12-7-8-15-13(9-12)19-17-14(16-18-19)11-5-3-2-4-6-11/h2-10,20H,1H3. The summed E-state index contributed by atoms with van der Waals surface area (Å²) in [5, 5.41) is 21.9. The predicted octanol–water partition coefficient (Wildman–Crippen LogP) is 1.78. The number of hydrogen-bond donors (Lipinski definition) is 1. The van der Waals surface area contributed by atoms with Crippen molar-refractivity contribution in [2.75, 3.05) is 0 Å². The maximum absolute atomic E-state index is 9.58. The fourth-order valence-electron chi connectivity index (χ4n) is 1.82. The number of rotatable bonds is 3. The van der Waals surface area contributed by atoms with Crippen LogP contribution in [0.4, 0.5) is 0 Å². The fraction of sp³-hybridized carbons (Fsp3) is 0.143. The molecular weight excluding hydrogens is 254 g/mol. The Morgan fingerprint density at radius 2 is 1.95 bits per heavy atom. The zero-order valence-corrected chi connectivity index (χ0v) is 10.9. The lowest BCUT2D eigenvalue weighted by Crippen LogP contribution is -2.03. The molecule has 6 nitrogen and oxygen atoms in total. The lowest BCUT2D eigenvalue weighted by molar-refractivity contribution is 0.199. The van der Waals surface area contributed by atoms with Gasteiger partial charge in [-0.3, -0.25) is 0 Å². The number of aromatic nitrogens is 5. The molecular formula is C14H13N5O. The van der Waals surface area contributed by atoms with Crippen LogP contribution in [-0.2, 0) is 0 Å². The van der Waals surface area contributed by atoms with Gasteiger partial charge in [-0.15, -0.1) is 15.0 Å². The second-order valence-corrected chi connectivity index (χ2v) is 4.39. The van der Waals surface area contributed by atoms with Crippen molar-refractivity contribution in [2.24, 2.45) is 0 Å². The first kappa shape index (κ1) is 12.4. The van der Waals surface area contributed by atoms with Gasteiger partial charge in [-0.05, 0) is 29.8 Å². The first-order valence-electron chi connectivity index (χ1n) is 6.24. The van der Waals surface area contributed by atoms with Gasteiger partial charge in [0.2, 0.25) is 5.82 Å². The fourth-order valence-corrected chi connectivity index (χ4v) is 1.82. The molecule has 1 N–H and O–H groups in total. The highest BCUT2D eigenvalue weighted by molar-refractivity contribution is 5.53. The third kappa shape index (κ3) is 2.41. The van der Waals surface area contributed by atoms with Crippen LogP contribution in [-0.4, -0.2) is 30.3 Å². The van der Waals surface area contributed by atoms with E-state index in [0.717, 1.165) is 11.1 Å². The highest BCUT2D eigenvalue weighted by atomic mass is 16.3. The molecule has 100 valence electrons. The minimum absolute atomic E-state index is 0.526. The normalized spacial score (nSPS) is 12.3. The van der Waals surface area contributed by atoms with E-state index in [1.54, 1.807) is 25.3 Å². The van der Waals surface area contributed by atoms with E-state index >= 15 is 0 Å². The molecule has 20 heavy (non-hydrogen) atoms. The van der Waals surface area contributed by atoms with Crippen molar-refractivity contribution in [2.45, 2.75) is 13.0 Å². The summed E-state index contributed by atoms with van der Waals surface area (Å²) in [4.78, 5) is 5.54. The quantitative estimate of drug-likeness (QED) is 0.782. The van der Waals surface area contributed by atoms with E-state index in [9.17, 15) is 5.11 Å². The Kier molecular flexibility index (Phi) is 3.22. The summed E-state index contributed by atoms with van der Waals surface area (Å²) >= 11 is 0. The molecule has 1 unspecified atom stereocenters. The Bertz CT molecular complexity index is 708. The van der Waals surface area contributed by atoms with Gasteiger partial charge in [0.15, 0.2) is 5.82 Å². The molecule has 0 saturated carbocycles. The predicted molar refractivity (Wildman–Crippen MR) is 73.0 cm³/mol. The summed E-state index contributed by atoms with van der Waals surface area (Å²) < 4.78 is 0. The van der Waals surface area contributed by atoms with Crippen LogP contribution in [0.15, 0.2) is 48.7 Å². The molecule has 0 saturated heterocycles. The Balaban J connectivity index is 1.96. The van der Waals surface area contributed by atoms with Crippen molar-refractivity contribution in [3.05, 3.63) is 54.2 Å². The summed E-state index contributed by atoms with van der Waals surface area (Å²) in [6, 6.07) is 13.1. The molecule has 0 aliphatic carbocycles. The van der Waals surface area contributed by atoms with Gasteiger partial charge >= 0.3 is 0 Å². The molecule has 0 aliphatic rings. The molecule has 0 radical (unpaired) electrons. The van der Waals surface area contributed by atoms with Crippen LogP contribution in [0.2, 0.25) is 0 Å². The van der Waals surface area contributed by atoms with Crippen LogP contribution in [0, 0.1) is 0 Å². The molecule has 0 spiro atoms. The van der Waals surface area contributed by atoms with E-state index in [1.807, 2.05) is 30.3 Å². The van der Waals surface area contributed by atoms with Crippen LogP contribution in [0.1, 0.15) is 18.6 Å². The van der Waals surface area contributed by atoms with E-state index in [2.05, 4.69) is 20.4 Å². The third-order valence-corrected chi connectivity index (χ3v) is 2.90. The smallest absolute Gasteiger partial charge is 0.205 e. The molecule has 1 atom stereocenters. The number of nitrogens with zero attached hydrogens (tertiary/aromatic N) is 5. The molecule has 0 fully saturated rings. The Labute approximate surface area is 115 Å². The van der Waals surface area contributed by atoms with Gasteiger partial charge in [-0.25, -0.2) is 4.98 Å². The molecule has 0 aliphatic heterocycles. The molecule has 3 rings (SSSR count). The summed E-state index contributed by atoms with van der Waals surface area (Å²) in [7, 11) is 0. The lowest BCUT2D eigenvalue weighted by Gasteiger charge is -2.05. The summed E-state index contributed by atoms with van der Waals surface area (Å²) in [6.07, 6.45) is 1.05. The number of benzene rings is 1. The second-order valence-electron chi connectivity index (χ2n) is 4.39. The zero-order valence-electron chi connectivity index (χ0n) is 10.9. The van der Waals surface area contributed by atoms with Crippen molar-refractivity contribution in [3.8, 4) is 17.2 Å². The molecule has 2 heterocycles. The van der Waals surface area contributed by atoms with Crippen molar-refractivity contribution < 1.29 is 5.11 Å². The maximum atomic E-state index is 9.58. The van der Waals surface area contributed by atoms with Crippen molar-refractivity contribution in [1.82, 2.24) is 25.2 Å². The van der Waals surface area contributed by atoms with Crippen LogP contribution < -0.4 is 0 Å². The van der Waals surface area contributed by atoms with E-state index in [4.69, 9.17) is 0 Å². The lowest BCUT2D eigenvalue weighted by atomic mass is 10.2. The van der Waals surface area contributed by atoms with Gasteiger partial charge in [0.1, 0.15) is 0 Å². The Morgan fingerprint density at radius 3 is 2.70 bits per heavy atom. The van der Waals surface area contributed by atoms with E-state index in [0.29, 0.717) is 11.6 Å². The number of hydrogen-bond acceptors (Lipinski definition) is 5. The highest BCUT2D eigenvalue weighted by Crippen LogP contribution is 2.15. The molecule has 0 bridgehead atoms. The number of tetrazole rings is 1. The van der Waals surface area contributed by atoms with Crippen molar-refractivity contribution in [1.29, 1.82) is 0 Å². The number of pyridine rings is 1. The van der Waals surface area contributed by atoms with E-state index in [-0.39, 0.29) is 0 Å². The average Bonchev–Trinajstić information content (AvgIpc) is 2.98. The molecule has 0 amide bonds. The van der Waals surface area contributed by atoms with Gasteiger partial charge in [-0.1, -0.05) is 30.3 Å². The molecule has 6 heteroatoms. The SMILES string of the molecule is CC(O)c1ccnc(-n2nnc(-c3ccccc3)n2)c1. The monoisotopic (exact) mass is 267 g/mol. The zero-order chi connectivity index (χ0) is 13.9. The minimum atomic E-state index is -0.561. The topological polar surface area (TPSA) is 76.7 Å². The first-order chi connectivity index (χ1) is 9.74. The van der Waals surface area contributed by atoms with Crippen molar-refractivity contribution in [3.63, 3.8) is 0 Å². The van der Waals surface area contributed by atoms with Crippen LogP contribution in [0.3, 0.4) is 0 Å². The largest absolute Gasteiger partial charge is 0.389 e. The minimum Gasteiger partial charge on any atom is -0.389 e. The van der Waals surface area contributed by atoms with Crippen molar-refractivity contribution >= 4 is 0 Å². The molecule has 2 aromatic heterocycles. The Hall–Kier alpha value is -2.60. The number of aliphatic hydroxyl groups is 1. The van der Waals surface area contributed by atoms with Crippen LogP contribution in [0.5, 0.6) is 0 Å². The van der Waals surface area contributed by atoms with Gasteiger partial charge in [-0.2, -0.15) is 0 Å². The van der Waals surface area contributed by atoms with Gasteiger partial charge in [0.05, 0.1) is 6.10 Å². The summed E-state index contributed by atoms with van der Waals surface area (Å²) in [6.45, 7) is 1.70. The summed E-state index contributed by atoms with van der Waals surface area (Å²) in [5.74, 6) is 1.06. The summed E-state index contributed by atoms with van der Waals surface area (Å²) in [5.41, 5.74) is 1.65. The van der Waals surface area contributed by atoms with Gasteiger partial charge in [0, 0.05) is 11.8 Å². The maximum Gasteiger partial charge on any atom is 0.205 e. The van der Waals surface area contributed by atoms with Crippen LogP contribution in [0.25, 0.3) is 17.2 Å². The Morgan fingerprint density at radius 1 is 1.15 bits per heavy atom. The van der Waals surface area contributed by atoms with Crippen LogP contribution >= 0.6 is 0 Å². The molecule has 3 aromatic rings. The van der Waals surface area contributed by atoms with E-state index < -0.39 is 6.10 Å². The van der Waals surface area contributed by atoms with E-state index in [1.165, 1.54) is 4.80 Å². The second kappa shape index (κ2) is 5.18. The molecule has 1 aromatic carbocycles.